The van der Waals surface area contributed by atoms with Crippen LogP contribution < -0.4 is 5.32 Å². The van der Waals surface area contributed by atoms with Gasteiger partial charge in [-0.25, -0.2) is 0 Å². The second kappa shape index (κ2) is 7.11. The number of carbonyl (C=O) groups is 1. The van der Waals surface area contributed by atoms with Crippen LogP contribution in [0.15, 0.2) is 48.5 Å². The molecular weight excluding hydrogens is 270 g/mol. The molecule has 0 bridgehead atoms. The summed E-state index contributed by atoms with van der Waals surface area (Å²) in [6.45, 7) is 2.10. The maximum atomic E-state index is 11.9. The van der Waals surface area contributed by atoms with Gasteiger partial charge in [0, 0.05) is 17.1 Å². The van der Waals surface area contributed by atoms with Crippen LogP contribution in [-0.4, -0.2) is 5.91 Å². The highest BCUT2D eigenvalue weighted by Crippen LogP contribution is 2.13. The minimum absolute atomic E-state index is 0.0354. The first kappa shape index (κ1) is 14.6. The van der Waals surface area contributed by atoms with Crippen molar-refractivity contribution >= 4 is 23.2 Å². The van der Waals surface area contributed by atoms with Crippen molar-refractivity contribution in [1.29, 1.82) is 0 Å². The molecular formula is C17H18ClNO. The van der Waals surface area contributed by atoms with Gasteiger partial charge in [0.25, 0.3) is 0 Å². The molecule has 0 aromatic heterocycles. The molecule has 0 saturated carbocycles. The van der Waals surface area contributed by atoms with Gasteiger partial charge in [-0.15, -0.1) is 0 Å². The fourth-order valence-electron chi connectivity index (χ4n) is 2.00. The van der Waals surface area contributed by atoms with E-state index in [2.05, 4.69) is 18.3 Å². The molecule has 2 nitrogen and oxygen atoms in total. The highest BCUT2D eigenvalue weighted by molar-refractivity contribution is 6.30. The summed E-state index contributed by atoms with van der Waals surface area (Å²) in [5.41, 5.74) is 3.21. The first-order valence-electron chi connectivity index (χ1n) is 6.80. The van der Waals surface area contributed by atoms with Crippen LogP contribution >= 0.6 is 11.6 Å². The zero-order chi connectivity index (χ0) is 14.4. The van der Waals surface area contributed by atoms with E-state index in [9.17, 15) is 4.79 Å². The van der Waals surface area contributed by atoms with Gasteiger partial charge in [-0.2, -0.15) is 0 Å². The van der Waals surface area contributed by atoms with Crippen LogP contribution in [0, 0.1) is 0 Å². The molecule has 2 rings (SSSR count). The van der Waals surface area contributed by atoms with Crippen molar-refractivity contribution in [3.05, 3.63) is 64.7 Å². The first-order chi connectivity index (χ1) is 9.67. The molecule has 0 unspecified atom stereocenters. The van der Waals surface area contributed by atoms with Crippen LogP contribution in [-0.2, 0) is 17.6 Å². The SMILES string of the molecule is CCc1cccc(NC(=O)CCc2ccc(Cl)cc2)c1. The number of halogens is 1. The molecule has 0 atom stereocenters. The Balaban J connectivity index is 1.87. The predicted octanol–water partition coefficient (Wildman–Crippen LogP) is 4.47. The fraction of sp³-hybridized carbons (Fsp3) is 0.235. The minimum atomic E-state index is 0.0354. The van der Waals surface area contributed by atoms with E-state index in [0.29, 0.717) is 6.42 Å². The predicted molar refractivity (Wildman–Crippen MR) is 84.2 cm³/mol. The van der Waals surface area contributed by atoms with Crippen LogP contribution in [0.25, 0.3) is 0 Å². The highest BCUT2D eigenvalue weighted by Gasteiger charge is 2.03. The number of hydrogen-bond acceptors (Lipinski definition) is 1. The normalized spacial score (nSPS) is 10.3. The number of carbonyl (C=O) groups excluding carboxylic acids is 1. The highest BCUT2D eigenvalue weighted by atomic mass is 35.5. The third kappa shape index (κ3) is 4.39. The third-order valence-electron chi connectivity index (χ3n) is 3.17. The van der Waals surface area contributed by atoms with E-state index in [1.807, 2.05) is 42.5 Å². The molecule has 1 amide bonds. The Hall–Kier alpha value is -1.80. The summed E-state index contributed by atoms with van der Waals surface area (Å²) >= 11 is 5.83. The smallest absolute Gasteiger partial charge is 0.224 e. The lowest BCUT2D eigenvalue weighted by Gasteiger charge is -2.07. The molecule has 1 N–H and O–H groups in total. The summed E-state index contributed by atoms with van der Waals surface area (Å²) in [6, 6.07) is 15.6. The summed E-state index contributed by atoms with van der Waals surface area (Å²) in [7, 11) is 0. The standard InChI is InChI=1S/C17H18ClNO/c1-2-13-4-3-5-16(12-13)19-17(20)11-8-14-6-9-15(18)10-7-14/h3-7,9-10,12H,2,8,11H2,1H3,(H,19,20). The number of amides is 1. The number of benzene rings is 2. The average Bonchev–Trinajstić information content (AvgIpc) is 2.47. The molecule has 0 aliphatic heterocycles. The van der Waals surface area contributed by atoms with Crippen molar-refractivity contribution in [3.63, 3.8) is 0 Å². The topological polar surface area (TPSA) is 29.1 Å². The van der Waals surface area contributed by atoms with Gasteiger partial charge in [0.05, 0.1) is 0 Å². The quantitative estimate of drug-likeness (QED) is 0.863. The van der Waals surface area contributed by atoms with Crippen LogP contribution in [0.5, 0.6) is 0 Å². The zero-order valence-electron chi connectivity index (χ0n) is 11.5. The molecule has 0 saturated heterocycles. The van der Waals surface area contributed by atoms with E-state index in [-0.39, 0.29) is 5.91 Å². The third-order valence-corrected chi connectivity index (χ3v) is 3.42. The van der Waals surface area contributed by atoms with Gasteiger partial charge in [0.15, 0.2) is 0 Å². The average molecular weight is 288 g/mol. The minimum Gasteiger partial charge on any atom is -0.326 e. The van der Waals surface area contributed by atoms with Crippen molar-refractivity contribution in [3.8, 4) is 0 Å². The summed E-state index contributed by atoms with van der Waals surface area (Å²) in [6.07, 6.45) is 2.16. The Morgan fingerprint density at radius 1 is 1.10 bits per heavy atom. The second-order valence-corrected chi connectivity index (χ2v) is 5.17. The van der Waals surface area contributed by atoms with Crippen molar-refractivity contribution in [2.75, 3.05) is 5.32 Å². The molecule has 2 aromatic rings. The monoisotopic (exact) mass is 287 g/mol. The Morgan fingerprint density at radius 2 is 1.85 bits per heavy atom. The van der Waals surface area contributed by atoms with E-state index in [4.69, 9.17) is 11.6 Å². The molecule has 0 fully saturated rings. The summed E-state index contributed by atoms with van der Waals surface area (Å²) in [4.78, 5) is 11.9. The van der Waals surface area contributed by atoms with E-state index >= 15 is 0 Å². The number of nitrogens with one attached hydrogen (secondary N) is 1. The van der Waals surface area contributed by atoms with Gasteiger partial charge in [-0.05, 0) is 48.2 Å². The van der Waals surface area contributed by atoms with Crippen LogP contribution in [0.1, 0.15) is 24.5 Å². The molecule has 0 aliphatic rings. The Morgan fingerprint density at radius 3 is 2.55 bits per heavy atom. The lowest BCUT2D eigenvalue weighted by Crippen LogP contribution is -2.12. The van der Waals surface area contributed by atoms with Gasteiger partial charge in [0.1, 0.15) is 0 Å². The Labute approximate surface area is 124 Å². The van der Waals surface area contributed by atoms with E-state index in [1.165, 1.54) is 5.56 Å². The van der Waals surface area contributed by atoms with E-state index in [1.54, 1.807) is 0 Å². The fourth-order valence-corrected chi connectivity index (χ4v) is 2.13. The van der Waals surface area contributed by atoms with Gasteiger partial charge < -0.3 is 5.32 Å². The second-order valence-electron chi connectivity index (χ2n) is 4.73. The zero-order valence-corrected chi connectivity index (χ0v) is 12.3. The number of aryl methyl sites for hydroxylation is 2. The van der Waals surface area contributed by atoms with Crippen molar-refractivity contribution < 1.29 is 4.79 Å². The van der Waals surface area contributed by atoms with E-state index < -0.39 is 0 Å². The maximum absolute atomic E-state index is 11.9. The largest absolute Gasteiger partial charge is 0.326 e. The molecule has 0 radical (unpaired) electrons. The molecule has 0 heterocycles. The van der Waals surface area contributed by atoms with Gasteiger partial charge in [0.2, 0.25) is 5.91 Å². The lowest BCUT2D eigenvalue weighted by molar-refractivity contribution is -0.116. The molecule has 0 aliphatic carbocycles. The first-order valence-corrected chi connectivity index (χ1v) is 7.18. The molecule has 20 heavy (non-hydrogen) atoms. The molecule has 104 valence electrons. The van der Waals surface area contributed by atoms with Crippen LogP contribution in [0.4, 0.5) is 5.69 Å². The summed E-state index contributed by atoms with van der Waals surface area (Å²) in [5.74, 6) is 0.0354. The molecule has 3 heteroatoms. The number of anilines is 1. The van der Waals surface area contributed by atoms with Crippen molar-refractivity contribution in [2.24, 2.45) is 0 Å². The maximum Gasteiger partial charge on any atom is 0.224 e. The summed E-state index contributed by atoms with van der Waals surface area (Å²) in [5, 5.41) is 3.65. The van der Waals surface area contributed by atoms with E-state index in [0.717, 1.165) is 29.1 Å². The number of hydrogen-bond donors (Lipinski definition) is 1. The van der Waals surface area contributed by atoms with Crippen molar-refractivity contribution in [1.82, 2.24) is 0 Å². The van der Waals surface area contributed by atoms with Gasteiger partial charge in [-0.3, -0.25) is 4.79 Å². The van der Waals surface area contributed by atoms with Crippen LogP contribution in [0.3, 0.4) is 0 Å². The summed E-state index contributed by atoms with van der Waals surface area (Å²) < 4.78 is 0. The van der Waals surface area contributed by atoms with Crippen molar-refractivity contribution in [2.45, 2.75) is 26.2 Å². The van der Waals surface area contributed by atoms with Crippen LogP contribution in [0.2, 0.25) is 5.02 Å². The Bertz CT molecular complexity index is 578. The van der Waals surface area contributed by atoms with Gasteiger partial charge >= 0.3 is 0 Å². The van der Waals surface area contributed by atoms with Gasteiger partial charge in [-0.1, -0.05) is 42.8 Å². The number of rotatable bonds is 5. The molecule has 0 spiro atoms. The lowest BCUT2D eigenvalue weighted by atomic mass is 10.1. The Kier molecular flexibility index (Phi) is 5.19. The molecule has 2 aromatic carbocycles.